The van der Waals surface area contributed by atoms with Crippen LogP contribution in [0.5, 0.6) is 0 Å². The molecule has 0 N–H and O–H groups in total. The van der Waals surface area contributed by atoms with Gasteiger partial charge in [0.15, 0.2) is 12.4 Å². The van der Waals surface area contributed by atoms with Gasteiger partial charge in [0.25, 0.3) is 0 Å². The van der Waals surface area contributed by atoms with Crippen molar-refractivity contribution in [3.8, 4) is 5.69 Å². The molecule has 0 fully saturated rings. The number of hydrogen-bond acceptors (Lipinski definition) is 2. The number of aromatic nitrogens is 3. The van der Waals surface area contributed by atoms with Crippen molar-refractivity contribution in [1.29, 1.82) is 0 Å². The van der Waals surface area contributed by atoms with Crippen molar-refractivity contribution in [1.82, 2.24) is 9.78 Å². The molecule has 4 heteroatoms. The fraction of sp³-hybridized carbons (Fsp3) is 0. The number of nitrogens with zero attached hydrogens (tertiary/aromatic N) is 3. The maximum absolute atomic E-state index is 11.1. The Balaban J connectivity index is 2.26. The maximum Gasteiger partial charge on any atom is 0.191 e. The topological polar surface area (TPSA) is 44.8 Å². The summed E-state index contributed by atoms with van der Waals surface area (Å²) in [5.74, 6) is 0. The third kappa shape index (κ3) is 1.32. The molecule has 0 spiro atoms. The minimum absolute atomic E-state index is 0.777. The summed E-state index contributed by atoms with van der Waals surface area (Å²) in [4.78, 5) is 0. The standard InChI is InChI=1S/C12H9N3O/c16-14-7-6-12-10(9-14)8-13-15(12)11-4-2-1-3-5-11/h1-9H. The number of pyridine rings is 1. The highest BCUT2D eigenvalue weighted by atomic mass is 16.5. The molecule has 0 aliphatic rings. The SMILES string of the molecule is [O-][n+]1ccc2c(cnn2-c2ccccc2)c1. The van der Waals surface area contributed by atoms with Gasteiger partial charge in [-0.15, -0.1) is 0 Å². The molecule has 0 saturated heterocycles. The van der Waals surface area contributed by atoms with Gasteiger partial charge in [-0.1, -0.05) is 18.2 Å². The van der Waals surface area contributed by atoms with Gasteiger partial charge in [0.05, 0.1) is 22.8 Å². The summed E-state index contributed by atoms with van der Waals surface area (Å²) in [5.41, 5.74) is 1.92. The fourth-order valence-corrected chi connectivity index (χ4v) is 1.74. The van der Waals surface area contributed by atoms with Crippen LogP contribution in [0, 0.1) is 5.21 Å². The van der Waals surface area contributed by atoms with Crippen molar-refractivity contribution in [2.75, 3.05) is 0 Å². The first-order valence-corrected chi connectivity index (χ1v) is 4.96. The summed E-state index contributed by atoms with van der Waals surface area (Å²) >= 11 is 0. The van der Waals surface area contributed by atoms with Crippen molar-refractivity contribution < 1.29 is 4.73 Å². The molecule has 0 amide bonds. The number of benzene rings is 1. The van der Waals surface area contributed by atoms with Crippen LogP contribution in [0.3, 0.4) is 0 Å². The van der Waals surface area contributed by atoms with E-state index in [-0.39, 0.29) is 0 Å². The molecule has 1 aromatic carbocycles. The second kappa shape index (κ2) is 3.34. The molecule has 3 rings (SSSR count). The van der Waals surface area contributed by atoms with Crippen molar-refractivity contribution in [2.45, 2.75) is 0 Å². The lowest BCUT2D eigenvalue weighted by Crippen LogP contribution is -2.23. The summed E-state index contributed by atoms with van der Waals surface area (Å²) in [5, 5.41) is 16.2. The molecule has 0 saturated carbocycles. The van der Waals surface area contributed by atoms with Crippen molar-refractivity contribution in [3.63, 3.8) is 0 Å². The van der Waals surface area contributed by atoms with Crippen LogP contribution >= 0.6 is 0 Å². The molecule has 0 radical (unpaired) electrons. The highest BCUT2D eigenvalue weighted by Gasteiger charge is 2.06. The fourth-order valence-electron chi connectivity index (χ4n) is 1.74. The first kappa shape index (κ1) is 8.91. The van der Waals surface area contributed by atoms with E-state index in [1.54, 1.807) is 12.3 Å². The van der Waals surface area contributed by atoms with Crippen molar-refractivity contribution >= 4 is 10.9 Å². The molecule has 0 aliphatic carbocycles. The van der Waals surface area contributed by atoms with E-state index in [1.807, 2.05) is 35.0 Å². The summed E-state index contributed by atoms with van der Waals surface area (Å²) in [6, 6.07) is 11.6. The number of rotatable bonds is 1. The number of para-hydroxylation sites is 1. The average Bonchev–Trinajstić information content (AvgIpc) is 2.73. The van der Waals surface area contributed by atoms with E-state index in [0.717, 1.165) is 21.3 Å². The molecular weight excluding hydrogens is 202 g/mol. The molecule has 0 atom stereocenters. The maximum atomic E-state index is 11.1. The Morgan fingerprint density at radius 2 is 1.94 bits per heavy atom. The van der Waals surface area contributed by atoms with Crippen LogP contribution in [-0.2, 0) is 0 Å². The van der Waals surface area contributed by atoms with E-state index >= 15 is 0 Å². The molecule has 2 heterocycles. The van der Waals surface area contributed by atoms with Crippen LogP contribution in [0.1, 0.15) is 0 Å². The van der Waals surface area contributed by atoms with E-state index in [4.69, 9.17) is 0 Å². The highest BCUT2D eigenvalue weighted by Crippen LogP contribution is 2.15. The molecule has 0 bridgehead atoms. The van der Waals surface area contributed by atoms with Gasteiger partial charge in [-0.3, -0.25) is 0 Å². The summed E-state index contributed by atoms with van der Waals surface area (Å²) in [6.07, 6.45) is 4.68. The molecular formula is C12H9N3O. The predicted octanol–water partition coefficient (Wildman–Crippen LogP) is 1.66. The zero-order valence-electron chi connectivity index (χ0n) is 8.45. The zero-order valence-corrected chi connectivity index (χ0v) is 8.45. The van der Waals surface area contributed by atoms with Gasteiger partial charge in [-0.25, -0.2) is 4.68 Å². The Labute approximate surface area is 92.0 Å². The minimum atomic E-state index is 0.777. The quantitative estimate of drug-likeness (QED) is 0.454. The molecule has 16 heavy (non-hydrogen) atoms. The predicted molar refractivity (Wildman–Crippen MR) is 60.0 cm³/mol. The normalized spacial score (nSPS) is 10.8. The minimum Gasteiger partial charge on any atom is -0.619 e. The van der Waals surface area contributed by atoms with Gasteiger partial charge in [0.2, 0.25) is 0 Å². The first-order valence-electron chi connectivity index (χ1n) is 4.96. The third-order valence-electron chi connectivity index (χ3n) is 2.48. The number of hydrogen-bond donors (Lipinski definition) is 0. The van der Waals surface area contributed by atoms with Crippen molar-refractivity contribution in [2.24, 2.45) is 0 Å². The van der Waals surface area contributed by atoms with Crippen molar-refractivity contribution in [3.05, 3.63) is 60.2 Å². The zero-order chi connectivity index (χ0) is 11.0. The Hall–Kier alpha value is -2.36. The monoisotopic (exact) mass is 211 g/mol. The lowest BCUT2D eigenvalue weighted by atomic mass is 10.3. The van der Waals surface area contributed by atoms with E-state index in [0.29, 0.717) is 0 Å². The molecule has 0 aliphatic heterocycles. The highest BCUT2D eigenvalue weighted by molar-refractivity contribution is 5.78. The largest absolute Gasteiger partial charge is 0.619 e. The van der Waals surface area contributed by atoms with Gasteiger partial charge in [-0.2, -0.15) is 9.83 Å². The summed E-state index contributed by atoms with van der Waals surface area (Å²) in [7, 11) is 0. The lowest BCUT2D eigenvalue weighted by molar-refractivity contribution is -0.603. The Morgan fingerprint density at radius 1 is 1.12 bits per heavy atom. The summed E-state index contributed by atoms with van der Waals surface area (Å²) in [6.45, 7) is 0. The lowest BCUT2D eigenvalue weighted by Gasteiger charge is -2.02. The second-order valence-corrected chi connectivity index (χ2v) is 3.54. The molecule has 78 valence electrons. The van der Waals surface area contributed by atoms with Gasteiger partial charge in [0.1, 0.15) is 0 Å². The second-order valence-electron chi connectivity index (χ2n) is 3.54. The smallest absolute Gasteiger partial charge is 0.191 e. The van der Waals surface area contributed by atoms with Crippen LogP contribution in [-0.4, -0.2) is 9.78 Å². The van der Waals surface area contributed by atoms with E-state index in [1.165, 1.54) is 12.4 Å². The van der Waals surface area contributed by atoms with Crippen LogP contribution in [0.4, 0.5) is 0 Å². The van der Waals surface area contributed by atoms with Crippen LogP contribution in [0.15, 0.2) is 55.0 Å². The third-order valence-corrected chi connectivity index (χ3v) is 2.48. The molecule has 0 unspecified atom stereocenters. The van der Waals surface area contributed by atoms with Gasteiger partial charge in [0, 0.05) is 6.07 Å². The van der Waals surface area contributed by atoms with Crippen LogP contribution < -0.4 is 4.73 Å². The van der Waals surface area contributed by atoms with E-state index in [2.05, 4.69) is 5.10 Å². The van der Waals surface area contributed by atoms with Gasteiger partial charge in [-0.05, 0) is 12.1 Å². The number of fused-ring (bicyclic) bond motifs is 1. The molecule has 3 aromatic rings. The molecule has 2 aromatic heterocycles. The van der Waals surface area contributed by atoms with Crippen LogP contribution in [0.25, 0.3) is 16.6 Å². The Morgan fingerprint density at radius 3 is 2.75 bits per heavy atom. The Bertz CT molecular complexity index is 631. The van der Waals surface area contributed by atoms with Gasteiger partial charge >= 0.3 is 0 Å². The van der Waals surface area contributed by atoms with E-state index < -0.39 is 0 Å². The first-order chi connectivity index (χ1) is 7.84. The van der Waals surface area contributed by atoms with E-state index in [9.17, 15) is 5.21 Å². The Kier molecular flexibility index (Phi) is 1.86. The van der Waals surface area contributed by atoms with Gasteiger partial charge < -0.3 is 5.21 Å². The average molecular weight is 211 g/mol. The van der Waals surface area contributed by atoms with Crippen LogP contribution in [0.2, 0.25) is 0 Å². The summed E-state index contributed by atoms with van der Waals surface area (Å²) < 4.78 is 2.59. The molecule has 4 nitrogen and oxygen atoms in total.